The van der Waals surface area contributed by atoms with Crippen LogP contribution >= 0.6 is 0 Å². The fraction of sp³-hybridized carbons (Fsp3) is 0.600. The standard InChI is InChI=1S/C15H22O2/c1-11-4-3-5-15(10-11)17-14-8-6-13(7-9-14)12(2)16/h6-9,11-12,15-16H,3-5,10H2,1-2H3. The summed E-state index contributed by atoms with van der Waals surface area (Å²) >= 11 is 0. The lowest BCUT2D eigenvalue weighted by Gasteiger charge is -2.27. The second-order valence-electron chi connectivity index (χ2n) is 5.26. The van der Waals surface area contributed by atoms with Crippen molar-refractivity contribution >= 4 is 0 Å². The van der Waals surface area contributed by atoms with E-state index in [9.17, 15) is 5.11 Å². The molecule has 0 spiro atoms. The van der Waals surface area contributed by atoms with E-state index in [2.05, 4.69) is 6.92 Å². The monoisotopic (exact) mass is 234 g/mol. The highest BCUT2D eigenvalue weighted by Crippen LogP contribution is 2.27. The van der Waals surface area contributed by atoms with Crippen molar-refractivity contribution < 1.29 is 9.84 Å². The quantitative estimate of drug-likeness (QED) is 0.864. The van der Waals surface area contributed by atoms with E-state index in [1.807, 2.05) is 24.3 Å². The average molecular weight is 234 g/mol. The molecule has 1 N–H and O–H groups in total. The van der Waals surface area contributed by atoms with Gasteiger partial charge < -0.3 is 9.84 Å². The fourth-order valence-corrected chi connectivity index (χ4v) is 2.50. The minimum atomic E-state index is -0.404. The second-order valence-corrected chi connectivity index (χ2v) is 5.26. The molecule has 94 valence electrons. The summed E-state index contributed by atoms with van der Waals surface area (Å²) in [5, 5.41) is 9.43. The third-order valence-electron chi connectivity index (χ3n) is 3.55. The van der Waals surface area contributed by atoms with E-state index < -0.39 is 6.10 Å². The van der Waals surface area contributed by atoms with E-state index in [-0.39, 0.29) is 0 Å². The van der Waals surface area contributed by atoms with Gasteiger partial charge in [-0.1, -0.05) is 25.5 Å². The molecule has 17 heavy (non-hydrogen) atoms. The predicted molar refractivity (Wildman–Crippen MR) is 69.1 cm³/mol. The van der Waals surface area contributed by atoms with Gasteiger partial charge in [0.1, 0.15) is 5.75 Å². The lowest BCUT2D eigenvalue weighted by molar-refractivity contribution is 0.129. The molecular formula is C15H22O2. The zero-order chi connectivity index (χ0) is 12.3. The van der Waals surface area contributed by atoms with Crippen LogP contribution in [0, 0.1) is 5.92 Å². The molecular weight excluding hydrogens is 212 g/mol. The number of benzene rings is 1. The van der Waals surface area contributed by atoms with Gasteiger partial charge in [-0.05, 0) is 49.8 Å². The summed E-state index contributed by atoms with van der Waals surface area (Å²) in [5.41, 5.74) is 0.939. The Labute approximate surface area is 104 Å². The SMILES string of the molecule is CC1CCCC(Oc2ccc(C(C)O)cc2)C1. The maximum atomic E-state index is 9.43. The van der Waals surface area contributed by atoms with Crippen LogP contribution in [0.15, 0.2) is 24.3 Å². The third-order valence-corrected chi connectivity index (χ3v) is 3.55. The summed E-state index contributed by atoms with van der Waals surface area (Å²) in [5.74, 6) is 1.71. The molecule has 3 unspecified atom stereocenters. The van der Waals surface area contributed by atoms with Gasteiger partial charge in [0, 0.05) is 0 Å². The summed E-state index contributed by atoms with van der Waals surface area (Å²) in [6.45, 7) is 4.07. The topological polar surface area (TPSA) is 29.5 Å². The van der Waals surface area contributed by atoms with Crippen molar-refractivity contribution in [3.05, 3.63) is 29.8 Å². The number of hydrogen-bond acceptors (Lipinski definition) is 2. The van der Waals surface area contributed by atoms with Gasteiger partial charge in [-0.2, -0.15) is 0 Å². The molecule has 0 amide bonds. The summed E-state index contributed by atoms with van der Waals surface area (Å²) < 4.78 is 5.98. The van der Waals surface area contributed by atoms with E-state index in [0.29, 0.717) is 6.10 Å². The average Bonchev–Trinajstić information content (AvgIpc) is 2.29. The Bertz CT molecular complexity index is 342. The van der Waals surface area contributed by atoms with Gasteiger partial charge >= 0.3 is 0 Å². The number of ether oxygens (including phenoxy) is 1. The Balaban J connectivity index is 1.94. The Hall–Kier alpha value is -1.02. The highest BCUT2D eigenvalue weighted by Gasteiger charge is 2.20. The van der Waals surface area contributed by atoms with Crippen molar-refractivity contribution in [3.63, 3.8) is 0 Å². The minimum Gasteiger partial charge on any atom is -0.490 e. The molecule has 0 bridgehead atoms. The number of hydrogen-bond donors (Lipinski definition) is 1. The molecule has 0 aliphatic heterocycles. The van der Waals surface area contributed by atoms with Crippen LogP contribution in [-0.2, 0) is 0 Å². The van der Waals surface area contributed by atoms with Crippen LogP contribution in [0.2, 0.25) is 0 Å². The molecule has 2 rings (SSSR count). The fourth-order valence-electron chi connectivity index (χ4n) is 2.50. The summed E-state index contributed by atoms with van der Waals surface area (Å²) in [7, 11) is 0. The van der Waals surface area contributed by atoms with Crippen molar-refractivity contribution in [2.24, 2.45) is 5.92 Å². The van der Waals surface area contributed by atoms with Crippen LogP contribution < -0.4 is 4.74 Å². The molecule has 0 heterocycles. The molecule has 1 aromatic rings. The Morgan fingerprint density at radius 2 is 1.94 bits per heavy atom. The molecule has 2 heteroatoms. The van der Waals surface area contributed by atoms with Gasteiger partial charge in [0.05, 0.1) is 12.2 Å². The van der Waals surface area contributed by atoms with E-state index in [0.717, 1.165) is 23.7 Å². The zero-order valence-electron chi connectivity index (χ0n) is 10.7. The number of aliphatic hydroxyl groups excluding tert-OH is 1. The Kier molecular flexibility index (Phi) is 4.06. The molecule has 1 aliphatic rings. The maximum absolute atomic E-state index is 9.43. The van der Waals surface area contributed by atoms with Crippen molar-refractivity contribution in [2.45, 2.75) is 51.7 Å². The Morgan fingerprint density at radius 1 is 1.24 bits per heavy atom. The highest BCUT2D eigenvalue weighted by atomic mass is 16.5. The molecule has 3 atom stereocenters. The minimum absolute atomic E-state index is 0.371. The van der Waals surface area contributed by atoms with Crippen molar-refractivity contribution in [1.82, 2.24) is 0 Å². The van der Waals surface area contributed by atoms with Gasteiger partial charge in [0.25, 0.3) is 0 Å². The van der Waals surface area contributed by atoms with Crippen LogP contribution in [0.4, 0.5) is 0 Å². The first-order valence-corrected chi connectivity index (χ1v) is 6.60. The van der Waals surface area contributed by atoms with E-state index in [1.165, 1.54) is 19.3 Å². The van der Waals surface area contributed by atoms with E-state index in [4.69, 9.17) is 4.74 Å². The van der Waals surface area contributed by atoms with Gasteiger partial charge in [0.15, 0.2) is 0 Å². The molecule has 0 radical (unpaired) electrons. The first-order chi connectivity index (χ1) is 8.15. The summed E-state index contributed by atoms with van der Waals surface area (Å²) in [4.78, 5) is 0. The number of rotatable bonds is 3. The van der Waals surface area contributed by atoms with Crippen molar-refractivity contribution in [3.8, 4) is 5.75 Å². The molecule has 0 saturated heterocycles. The summed E-state index contributed by atoms with van der Waals surface area (Å²) in [6, 6.07) is 7.79. The zero-order valence-corrected chi connectivity index (χ0v) is 10.7. The highest BCUT2D eigenvalue weighted by molar-refractivity contribution is 5.28. The molecule has 2 nitrogen and oxygen atoms in total. The molecule has 1 aliphatic carbocycles. The van der Waals surface area contributed by atoms with E-state index >= 15 is 0 Å². The van der Waals surface area contributed by atoms with Crippen LogP contribution in [0.5, 0.6) is 5.75 Å². The smallest absolute Gasteiger partial charge is 0.119 e. The van der Waals surface area contributed by atoms with E-state index in [1.54, 1.807) is 6.92 Å². The molecule has 0 aromatic heterocycles. The van der Waals surface area contributed by atoms with Crippen molar-refractivity contribution in [1.29, 1.82) is 0 Å². The third kappa shape index (κ3) is 3.47. The van der Waals surface area contributed by atoms with Crippen molar-refractivity contribution in [2.75, 3.05) is 0 Å². The second kappa shape index (κ2) is 5.54. The van der Waals surface area contributed by atoms with Crippen LogP contribution in [0.1, 0.15) is 51.2 Å². The van der Waals surface area contributed by atoms with Crippen LogP contribution in [0.25, 0.3) is 0 Å². The van der Waals surface area contributed by atoms with Gasteiger partial charge in [0.2, 0.25) is 0 Å². The van der Waals surface area contributed by atoms with Gasteiger partial charge in [-0.25, -0.2) is 0 Å². The first kappa shape index (κ1) is 12.4. The maximum Gasteiger partial charge on any atom is 0.119 e. The number of aliphatic hydroxyl groups is 1. The van der Waals surface area contributed by atoms with Gasteiger partial charge in [-0.3, -0.25) is 0 Å². The predicted octanol–water partition coefficient (Wildman–Crippen LogP) is 3.70. The van der Waals surface area contributed by atoms with Gasteiger partial charge in [-0.15, -0.1) is 0 Å². The first-order valence-electron chi connectivity index (χ1n) is 6.60. The molecule has 1 aromatic carbocycles. The molecule has 1 saturated carbocycles. The van der Waals surface area contributed by atoms with Crippen LogP contribution in [0.3, 0.4) is 0 Å². The Morgan fingerprint density at radius 3 is 2.53 bits per heavy atom. The van der Waals surface area contributed by atoms with Crippen LogP contribution in [-0.4, -0.2) is 11.2 Å². The lowest BCUT2D eigenvalue weighted by atomic mass is 9.89. The molecule has 1 fully saturated rings. The lowest BCUT2D eigenvalue weighted by Crippen LogP contribution is -2.24. The normalized spacial score (nSPS) is 26.5. The summed E-state index contributed by atoms with van der Waals surface area (Å²) in [6.07, 6.45) is 4.91. The largest absolute Gasteiger partial charge is 0.490 e.